The molecule has 0 atom stereocenters. The molecule has 2 rings (SSSR count). The first-order valence-electron chi connectivity index (χ1n) is 7.51. The van der Waals surface area contributed by atoms with Crippen molar-refractivity contribution in [2.45, 2.75) is 37.4 Å². The highest BCUT2D eigenvalue weighted by atomic mass is 35.5. The van der Waals surface area contributed by atoms with Gasteiger partial charge in [0.1, 0.15) is 0 Å². The van der Waals surface area contributed by atoms with E-state index in [9.17, 15) is 13.2 Å². The molecule has 1 aliphatic rings. The summed E-state index contributed by atoms with van der Waals surface area (Å²) in [5.41, 5.74) is 0.945. The summed E-state index contributed by atoms with van der Waals surface area (Å²) in [7, 11) is -3.45. The molecule has 24 heavy (non-hydrogen) atoms. The van der Waals surface area contributed by atoms with Gasteiger partial charge in [-0.2, -0.15) is 0 Å². The van der Waals surface area contributed by atoms with Gasteiger partial charge in [0.05, 0.1) is 10.7 Å². The van der Waals surface area contributed by atoms with E-state index in [0.717, 1.165) is 23.4 Å². The van der Waals surface area contributed by atoms with Crippen molar-refractivity contribution in [1.82, 2.24) is 15.6 Å². The van der Waals surface area contributed by atoms with Gasteiger partial charge in [0.2, 0.25) is 5.91 Å². The number of aromatic nitrogens is 1. The number of amides is 1. The number of hydrogen-bond donors (Lipinski definition) is 2. The number of carbonyl (C=O) groups is 1. The maximum atomic E-state index is 12.5. The predicted molar refractivity (Wildman–Crippen MR) is 102 cm³/mol. The number of halogens is 2. The van der Waals surface area contributed by atoms with E-state index in [4.69, 9.17) is 0 Å². The van der Waals surface area contributed by atoms with Crippen LogP contribution in [-0.4, -0.2) is 49.9 Å². The van der Waals surface area contributed by atoms with Crippen LogP contribution in [0.15, 0.2) is 5.38 Å². The Bertz CT molecular complexity index is 629. The van der Waals surface area contributed by atoms with E-state index >= 15 is 0 Å². The predicted octanol–water partition coefficient (Wildman–Crippen LogP) is 1.37. The van der Waals surface area contributed by atoms with Crippen LogP contribution in [0.5, 0.6) is 0 Å². The van der Waals surface area contributed by atoms with Crippen LogP contribution in [0.3, 0.4) is 0 Å². The number of piperidine rings is 1. The topological polar surface area (TPSA) is 88.2 Å². The average Bonchev–Trinajstić information content (AvgIpc) is 2.94. The highest BCUT2D eigenvalue weighted by Gasteiger charge is 2.48. The number of sulfone groups is 1. The van der Waals surface area contributed by atoms with Crippen LogP contribution >= 0.6 is 36.2 Å². The average molecular weight is 418 g/mol. The van der Waals surface area contributed by atoms with Crippen LogP contribution in [0.2, 0.25) is 0 Å². The third-order valence-electron chi connectivity index (χ3n) is 4.10. The standard InChI is InChI=1S/C14H23N3O3S2.2ClH/c1-3-12-17-11(10-21-12)4-7-16-13(18)14(22(2,19)20)5-8-15-9-6-14;;/h10,15H,3-9H2,1-2H3,(H,16,18);2*1H. The first kappa shape index (κ1) is 23.6. The molecule has 1 amide bonds. The second-order valence-electron chi connectivity index (χ2n) is 5.61. The van der Waals surface area contributed by atoms with Crippen molar-refractivity contribution in [3.05, 3.63) is 16.1 Å². The molecule has 2 heterocycles. The van der Waals surface area contributed by atoms with Gasteiger partial charge in [-0.3, -0.25) is 4.79 Å². The van der Waals surface area contributed by atoms with Crippen molar-refractivity contribution in [1.29, 1.82) is 0 Å². The summed E-state index contributed by atoms with van der Waals surface area (Å²) in [6.07, 6.45) is 3.34. The Hall–Kier alpha value is -0.410. The summed E-state index contributed by atoms with van der Waals surface area (Å²) in [4.78, 5) is 16.9. The van der Waals surface area contributed by atoms with Gasteiger partial charge >= 0.3 is 0 Å². The van der Waals surface area contributed by atoms with E-state index in [1.54, 1.807) is 11.3 Å². The number of carbonyl (C=O) groups excluding carboxylic acids is 1. The quantitative estimate of drug-likeness (QED) is 0.729. The van der Waals surface area contributed by atoms with E-state index < -0.39 is 14.6 Å². The molecule has 1 aromatic rings. The lowest BCUT2D eigenvalue weighted by Crippen LogP contribution is -2.57. The molecule has 1 fully saturated rings. The molecule has 0 aromatic carbocycles. The molecular weight excluding hydrogens is 393 g/mol. The summed E-state index contributed by atoms with van der Waals surface area (Å²) >= 11 is 1.61. The summed E-state index contributed by atoms with van der Waals surface area (Å²) in [6, 6.07) is 0. The zero-order valence-corrected chi connectivity index (χ0v) is 17.1. The molecule has 0 aliphatic carbocycles. The Morgan fingerprint density at radius 2 is 2.00 bits per heavy atom. The molecule has 0 unspecified atom stereocenters. The summed E-state index contributed by atoms with van der Waals surface area (Å²) < 4.78 is 23.0. The number of nitrogens with zero attached hydrogens (tertiary/aromatic N) is 1. The third-order valence-corrected chi connectivity index (χ3v) is 7.16. The van der Waals surface area contributed by atoms with Gasteiger partial charge in [-0.15, -0.1) is 36.2 Å². The minimum absolute atomic E-state index is 0. The summed E-state index contributed by atoms with van der Waals surface area (Å²) in [6.45, 7) is 3.56. The van der Waals surface area contributed by atoms with Gasteiger partial charge in [0, 0.05) is 24.6 Å². The normalized spacial score (nSPS) is 16.6. The Kier molecular flexibility index (Phi) is 9.74. The lowest BCUT2D eigenvalue weighted by molar-refractivity contribution is -0.124. The monoisotopic (exact) mass is 417 g/mol. The zero-order chi connectivity index (χ0) is 16.2. The van der Waals surface area contributed by atoms with Crippen LogP contribution in [-0.2, 0) is 27.5 Å². The second kappa shape index (κ2) is 9.91. The fraction of sp³-hybridized carbons (Fsp3) is 0.714. The van der Waals surface area contributed by atoms with Gasteiger partial charge < -0.3 is 10.6 Å². The molecule has 1 aliphatic heterocycles. The number of hydrogen-bond acceptors (Lipinski definition) is 6. The van der Waals surface area contributed by atoms with Crippen LogP contribution in [0, 0.1) is 0 Å². The Balaban J connectivity index is 0.00000264. The van der Waals surface area contributed by atoms with Crippen LogP contribution in [0.25, 0.3) is 0 Å². The van der Waals surface area contributed by atoms with Crippen LogP contribution in [0.4, 0.5) is 0 Å². The fourth-order valence-corrected chi connectivity index (χ4v) is 4.82. The van der Waals surface area contributed by atoms with Gasteiger partial charge in [-0.1, -0.05) is 6.92 Å². The van der Waals surface area contributed by atoms with Crippen molar-refractivity contribution >= 4 is 51.9 Å². The van der Waals surface area contributed by atoms with E-state index in [-0.39, 0.29) is 30.7 Å². The second-order valence-corrected chi connectivity index (χ2v) is 8.88. The molecule has 1 aromatic heterocycles. The van der Waals surface area contributed by atoms with Gasteiger partial charge in [-0.05, 0) is 32.4 Å². The summed E-state index contributed by atoms with van der Waals surface area (Å²) in [5, 5.41) is 8.96. The Morgan fingerprint density at radius 3 is 2.50 bits per heavy atom. The van der Waals surface area contributed by atoms with E-state index in [1.165, 1.54) is 0 Å². The van der Waals surface area contributed by atoms with Crippen molar-refractivity contribution < 1.29 is 13.2 Å². The van der Waals surface area contributed by atoms with Gasteiger partial charge in [0.15, 0.2) is 14.6 Å². The number of nitrogens with one attached hydrogen (secondary N) is 2. The first-order chi connectivity index (χ1) is 10.4. The van der Waals surface area contributed by atoms with Gasteiger partial charge in [0.25, 0.3) is 0 Å². The van der Waals surface area contributed by atoms with Crippen LogP contribution in [0.1, 0.15) is 30.5 Å². The lowest BCUT2D eigenvalue weighted by Gasteiger charge is -2.34. The lowest BCUT2D eigenvalue weighted by atomic mass is 9.96. The molecule has 0 spiro atoms. The fourth-order valence-electron chi connectivity index (χ4n) is 2.69. The van der Waals surface area contributed by atoms with Crippen molar-refractivity contribution in [3.8, 4) is 0 Å². The number of aryl methyl sites for hydroxylation is 1. The Morgan fingerprint density at radius 1 is 1.38 bits per heavy atom. The third kappa shape index (κ3) is 5.29. The molecule has 6 nitrogen and oxygen atoms in total. The molecule has 140 valence electrons. The molecule has 2 N–H and O–H groups in total. The molecule has 10 heteroatoms. The largest absolute Gasteiger partial charge is 0.354 e. The van der Waals surface area contributed by atoms with Crippen LogP contribution < -0.4 is 10.6 Å². The number of rotatable bonds is 6. The molecule has 0 bridgehead atoms. The molecular formula is C14H25Cl2N3O3S2. The van der Waals surface area contributed by atoms with E-state index in [2.05, 4.69) is 22.5 Å². The van der Waals surface area contributed by atoms with Gasteiger partial charge in [-0.25, -0.2) is 13.4 Å². The molecule has 0 radical (unpaired) electrons. The van der Waals surface area contributed by atoms with Crippen molar-refractivity contribution in [2.24, 2.45) is 0 Å². The van der Waals surface area contributed by atoms with Crippen molar-refractivity contribution in [2.75, 3.05) is 25.9 Å². The molecule has 0 saturated carbocycles. The molecule has 1 saturated heterocycles. The highest BCUT2D eigenvalue weighted by Crippen LogP contribution is 2.27. The first-order valence-corrected chi connectivity index (χ1v) is 10.3. The SMILES string of the molecule is CCc1nc(CCNC(=O)C2(S(C)(=O)=O)CCNCC2)cs1.Cl.Cl. The van der Waals surface area contributed by atoms with Crippen molar-refractivity contribution in [3.63, 3.8) is 0 Å². The maximum absolute atomic E-state index is 12.5. The maximum Gasteiger partial charge on any atom is 0.241 e. The number of thiazole rings is 1. The minimum Gasteiger partial charge on any atom is -0.354 e. The highest BCUT2D eigenvalue weighted by molar-refractivity contribution is 7.92. The van der Waals surface area contributed by atoms with E-state index in [0.29, 0.717) is 38.9 Å². The van der Waals surface area contributed by atoms with E-state index in [1.807, 2.05) is 5.38 Å². The minimum atomic E-state index is -3.45. The smallest absolute Gasteiger partial charge is 0.241 e. The summed E-state index contributed by atoms with van der Waals surface area (Å²) in [5.74, 6) is -0.373. The Labute approximate surface area is 159 Å². The zero-order valence-electron chi connectivity index (χ0n) is 13.8.